The minimum atomic E-state index is 0.0185. The second-order valence-corrected chi connectivity index (χ2v) is 1.20. The Morgan fingerprint density at radius 2 is 2.83 bits per heavy atom. The summed E-state index contributed by atoms with van der Waals surface area (Å²) in [6, 6.07) is 0. The summed E-state index contributed by atoms with van der Waals surface area (Å²) in [7, 11) is 0. The Morgan fingerprint density at radius 3 is 3.00 bits per heavy atom. The molecular formula is C3H6N3. The second kappa shape index (κ2) is 1.26. The van der Waals surface area contributed by atoms with Gasteiger partial charge in [-0.1, -0.05) is 0 Å². The van der Waals surface area contributed by atoms with Crippen LogP contribution in [-0.4, -0.2) is 19.0 Å². The number of nitrogens with two attached hydrogens (primary N) is 1. The van der Waals surface area contributed by atoms with Gasteiger partial charge in [-0.15, -0.1) is 0 Å². The molecule has 0 aliphatic carbocycles. The summed E-state index contributed by atoms with van der Waals surface area (Å²) >= 11 is 0. The Balaban J connectivity index is 2.32. The molecule has 3 N–H and O–H groups in total. The third-order valence-corrected chi connectivity index (χ3v) is 0.617. The Hall–Kier alpha value is -0.570. The van der Waals surface area contributed by atoms with E-state index in [9.17, 15) is 0 Å². The lowest BCUT2D eigenvalue weighted by atomic mass is 10.6. The van der Waals surface area contributed by atoms with Crippen molar-refractivity contribution in [3.05, 3.63) is 0 Å². The van der Waals surface area contributed by atoms with E-state index in [-0.39, 0.29) is 6.17 Å². The highest BCUT2D eigenvalue weighted by Gasteiger charge is 2.00. The van der Waals surface area contributed by atoms with Crippen molar-refractivity contribution in [2.24, 2.45) is 10.7 Å². The SMILES string of the molecule is NC1CN=[C]N1. The fraction of sp³-hybridized carbons (Fsp3) is 0.667. The highest BCUT2D eigenvalue weighted by atomic mass is 15.1. The van der Waals surface area contributed by atoms with Crippen LogP contribution in [0.3, 0.4) is 0 Å². The predicted octanol–water partition coefficient (Wildman–Crippen LogP) is -1.22. The smallest absolute Gasteiger partial charge is 0.165 e. The highest BCUT2D eigenvalue weighted by Crippen LogP contribution is 1.77. The fourth-order valence-corrected chi connectivity index (χ4v) is 0.318. The molecule has 0 spiro atoms. The van der Waals surface area contributed by atoms with Gasteiger partial charge < -0.3 is 11.1 Å². The van der Waals surface area contributed by atoms with Gasteiger partial charge in [0.25, 0.3) is 0 Å². The molecule has 1 aliphatic rings. The molecule has 0 fully saturated rings. The van der Waals surface area contributed by atoms with Crippen LogP contribution < -0.4 is 11.1 Å². The summed E-state index contributed by atoms with van der Waals surface area (Å²) < 4.78 is 0. The first-order valence-corrected chi connectivity index (χ1v) is 1.82. The largest absolute Gasteiger partial charge is 0.350 e. The molecule has 1 atom stereocenters. The zero-order valence-corrected chi connectivity index (χ0v) is 3.31. The normalized spacial score (nSPS) is 30.5. The average molecular weight is 84.1 g/mol. The topological polar surface area (TPSA) is 50.4 Å². The highest BCUT2D eigenvalue weighted by molar-refractivity contribution is 5.56. The van der Waals surface area contributed by atoms with Crippen molar-refractivity contribution in [1.29, 1.82) is 0 Å². The number of hydrogen-bond acceptors (Lipinski definition) is 3. The molecule has 1 unspecified atom stereocenters. The van der Waals surface area contributed by atoms with Crippen LogP contribution in [0.2, 0.25) is 0 Å². The van der Waals surface area contributed by atoms with Crippen molar-refractivity contribution < 1.29 is 0 Å². The lowest BCUT2D eigenvalue weighted by Crippen LogP contribution is -2.33. The molecular weight excluding hydrogens is 78.1 g/mol. The van der Waals surface area contributed by atoms with Crippen molar-refractivity contribution in [2.75, 3.05) is 6.54 Å². The number of nitrogens with one attached hydrogen (secondary N) is 1. The molecule has 33 valence electrons. The van der Waals surface area contributed by atoms with Crippen LogP contribution in [-0.2, 0) is 0 Å². The lowest BCUT2D eigenvalue weighted by molar-refractivity contribution is 0.694. The molecule has 6 heavy (non-hydrogen) atoms. The minimum absolute atomic E-state index is 0.0185. The van der Waals surface area contributed by atoms with E-state index in [4.69, 9.17) is 5.73 Å². The minimum Gasteiger partial charge on any atom is -0.350 e. The van der Waals surface area contributed by atoms with Crippen LogP contribution in [0.25, 0.3) is 0 Å². The summed E-state index contributed by atoms with van der Waals surface area (Å²) in [6.45, 7) is 0.667. The Bertz CT molecular complexity index is 60.4. The molecule has 0 aromatic rings. The molecule has 0 bridgehead atoms. The van der Waals surface area contributed by atoms with Crippen LogP contribution >= 0.6 is 0 Å². The number of hydrogen-bond donors (Lipinski definition) is 2. The molecule has 0 aromatic heterocycles. The van der Waals surface area contributed by atoms with Gasteiger partial charge in [-0.25, -0.2) is 0 Å². The van der Waals surface area contributed by atoms with E-state index in [0.717, 1.165) is 0 Å². The number of rotatable bonds is 0. The van der Waals surface area contributed by atoms with E-state index in [1.807, 2.05) is 0 Å². The molecule has 1 rings (SSSR count). The molecule has 1 heterocycles. The quantitative estimate of drug-likeness (QED) is 0.386. The van der Waals surface area contributed by atoms with Crippen LogP contribution in [0.5, 0.6) is 0 Å². The maximum Gasteiger partial charge on any atom is 0.165 e. The second-order valence-electron chi connectivity index (χ2n) is 1.20. The number of nitrogens with zero attached hydrogens (tertiary/aromatic N) is 1. The Kier molecular flexibility index (Phi) is 0.759. The van der Waals surface area contributed by atoms with Gasteiger partial charge >= 0.3 is 0 Å². The predicted molar refractivity (Wildman–Crippen MR) is 23.4 cm³/mol. The van der Waals surface area contributed by atoms with Gasteiger partial charge in [0.15, 0.2) is 6.34 Å². The summed E-state index contributed by atoms with van der Waals surface area (Å²) in [4.78, 5) is 3.68. The van der Waals surface area contributed by atoms with Gasteiger partial charge in [-0.3, -0.25) is 4.99 Å². The first-order chi connectivity index (χ1) is 2.89. The molecule has 0 aromatic carbocycles. The standard InChI is InChI=1S/C3H6N3/c4-3-1-5-2-6-3/h3H,1,4H2,(H,5,6). The number of aliphatic imine (C=N–C) groups is 1. The van der Waals surface area contributed by atoms with Gasteiger partial charge in [0.2, 0.25) is 0 Å². The van der Waals surface area contributed by atoms with Crippen LogP contribution in [0, 0.1) is 0 Å². The summed E-state index contributed by atoms with van der Waals surface area (Å²) in [5.41, 5.74) is 5.27. The third-order valence-electron chi connectivity index (χ3n) is 0.617. The van der Waals surface area contributed by atoms with Crippen molar-refractivity contribution in [3.8, 4) is 0 Å². The third kappa shape index (κ3) is 0.490. The van der Waals surface area contributed by atoms with Gasteiger partial charge in [0.1, 0.15) is 0 Å². The zero-order valence-electron chi connectivity index (χ0n) is 3.31. The van der Waals surface area contributed by atoms with Gasteiger partial charge in [-0.2, -0.15) is 0 Å². The molecule has 1 aliphatic heterocycles. The average Bonchev–Trinajstić information content (AvgIpc) is 1.86. The van der Waals surface area contributed by atoms with Crippen LogP contribution in [0.15, 0.2) is 4.99 Å². The van der Waals surface area contributed by atoms with E-state index in [1.165, 1.54) is 0 Å². The zero-order chi connectivity index (χ0) is 4.41. The Morgan fingerprint density at radius 1 is 2.00 bits per heavy atom. The van der Waals surface area contributed by atoms with E-state index in [1.54, 1.807) is 0 Å². The van der Waals surface area contributed by atoms with E-state index < -0.39 is 0 Å². The van der Waals surface area contributed by atoms with Crippen LogP contribution in [0.1, 0.15) is 0 Å². The van der Waals surface area contributed by atoms with Crippen molar-refractivity contribution in [3.63, 3.8) is 0 Å². The Labute approximate surface area is 36.2 Å². The fourth-order valence-electron chi connectivity index (χ4n) is 0.318. The molecule has 0 saturated heterocycles. The van der Waals surface area contributed by atoms with E-state index in [0.29, 0.717) is 6.54 Å². The maximum atomic E-state index is 5.27. The van der Waals surface area contributed by atoms with Gasteiger partial charge in [-0.05, 0) is 0 Å². The van der Waals surface area contributed by atoms with Gasteiger partial charge in [0, 0.05) is 0 Å². The van der Waals surface area contributed by atoms with Crippen LogP contribution in [0.4, 0.5) is 0 Å². The summed E-state index contributed by atoms with van der Waals surface area (Å²) in [5, 5.41) is 2.68. The van der Waals surface area contributed by atoms with Gasteiger partial charge in [0.05, 0.1) is 12.7 Å². The van der Waals surface area contributed by atoms with E-state index in [2.05, 4.69) is 16.6 Å². The molecule has 3 heteroatoms. The van der Waals surface area contributed by atoms with Crippen molar-refractivity contribution >= 4 is 6.34 Å². The molecule has 0 amide bonds. The summed E-state index contributed by atoms with van der Waals surface area (Å²) in [6.07, 6.45) is 2.54. The monoisotopic (exact) mass is 84.1 g/mol. The van der Waals surface area contributed by atoms with Crippen molar-refractivity contribution in [2.45, 2.75) is 6.17 Å². The first-order valence-electron chi connectivity index (χ1n) is 1.82. The van der Waals surface area contributed by atoms with Crippen molar-refractivity contribution in [1.82, 2.24) is 5.32 Å². The molecule has 0 saturated carbocycles. The first kappa shape index (κ1) is 3.61. The molecule has 1 radical (unpaired) electrons. The maximum absolute atomic E-state index is 5.27. The molecule has 3 nitrogen and oxygen atoms in total. The lowest BCUT2D eigenvalue weighted by Gasteiger charge is -1.95. The van der Waals surface area contributed by atoms with E-state index >= 15 is 0 Å². The summed E-state index contributed by atoms with van der Waals surface area (Å²) in [5.74, 6) is 0.